The molecular weight excluding hydrogens is 164 g/mol. The molecule has 0 fully saturated rings. The van der Waals surface area contributed by atoms with E-state index in [0.29, 0.717) is 0 Å². The molecule has 0 saturated carbocycles. The smallest absolute Gasteiger partial charge is 0.122 e. The molecule has 3 nitrogen and oxygen atoms in total. The first-order valence-electron chi connectivity index (χ1n) is 4.65. The van der Waals surface area contributed by atoms with Gasteiger partial charge in [-0.1, -0.05) is 6.92 Å². The molecule has 0 N–H and O–H groups in total. The van der Waals surface area contributed by atoms with Crippen LogP contribution in [0.25, 0.3) is 0 Å². The first-order chi connectivity index (χ1) is 6.22. The highest BCUT2D eigenvalue weighted by Crippen LogP contribution is 2.07. The maximum Gasteiger partial charge on any atom is 0.122 e. The van der Waals surface area contributed by atoms with Crippen molar-refractivity contribution >= 4 is 6.29 Å². The van der Waals surface area contributed by atoms with E-state index >= 15 is 0 Å². The largest absolute Gasteiger partial charge is 0.303 e. The van der Waals surface area contributed by atoms with Crippen LogP contribution in [0.15, 0.2) is 12.4 Å². The zero-order chi connectivity index (χ0) is 9.68. The summed E-state index contributed by atoms with van der Waals surface area (Å²) in [5, 5.41) is 4.08. The first kappa shape index (κ1) is 9.96. The molecule has 13 heavy (non-hydrogen) atoms. The summed E-state index contributed by atoms with van der Waals surface area (Å²) in [6.07, 6.45) is 7.97. The highest BCUT2D eigenvalue weighted by Gasteiger charge is 2.00. The summed E-state index contributed by atoms with van der Waals surface area (Å²) in [5.74, 6) is 0.191. The molecule has 0 radical (unpaired) electrons. The predicted molar refractivity (Wildman–Crippen MR) is 51.4 cm³/mol. The van der Waals surface area contributed by atoms with E-state index in [4.69, 9.17) is 0 Å². The number of carbonyl (C=O) groups excluding carboxylic acids is 1. The number of carbonyl (C=O) groups is 1. The monoisotopic (exact) mass is 180 g/mol. The normalized spacial score (nSPS) is 12.8. The van der Waals surface area contributed by atoms with Crippen LogP contribution in [0.1, 0.15) is 25.3 Å². The first-order valence-corrected chi connectivity index (χ1v) is 4.65. The Morgan fingerprint density at radius 1 is 1.69 bits per heavy atom. The third-order valence-corrected chi connectivity index (χ3v) is 2.12. The second kappa shape index (κ2) is 4.80. The van der Waals surface area contributed by atoms with Gasteiger partial charge in [0.15, 0.2) is 0 Å². The Morgan fingerprint density at radius 2 is 2.46 bits per heavy atom. The fourth-order valence-corrected chi connectivity index (χ4v) is 1.30. The van der Waals surface area contributed by atoms with E-state index in [1.807, 2.05) is 26.4 Å². The molecular formula is C10H16N2O. The molecule has 0 aromatic carbocycles. The fraction of sp³-hybridized carbons (Fsp3) is 0.600. The topological polar surface area (TPSA) is 34.9 Å². The van der Waals surface area contributed by atoms with Gasteiger partial charge in [0, 0.05) is 19.2 Å². The van der Waals surface area contributed by atoms with Crippen LogP contribution in [0, 0.1) is 5.92 Å². The van der Waals surface area contributed by atoms with Crippen molar-refractivity contribution in [2.45, 2.75) is 26.2 Å². The molecule has 0 spiro atoms. The van der Waals surface area contributed by atoms with Gasteiger partial charge < -0.3 is 4.79 Å². The average molecular weight is 180 g/mol. The SMILES string of the molecule is CC(C=O)CCCc1cnn(C)c1. The Balaban J connectivity index is 2.23. The minimum Gasteiger partial charge on any atom is -0.303 e. The molecule has 0 saturated heterocycles. The zero-order valence-electron chi connectivity index (χ0n) is 8.23. The molecule has 0 aliphatic rings. The minimum absolute atomic E-state index is 0.191. The second-order valence-corrected chi connectivity index (χ2v) is 3.53. The lowest BCUT2D eigenvalue weighted by molar-refractivity contribution is -0.110. The summed E-state index contributed by atoms with van der Waals surface area (Å²) in [4.78, 5) is 10.3. The molecule has 0 amide bonds. The van der Waals surface area contributed by atoms with Crippen molar-refractivity contribution in [2.24, 2.45) is 13.0 Å². The highest BCUT2D eigenvalue weighted by atomic mass is 16.1. The summed E-state index contributed by atoms with van der Waals surface area (Å²) in [7, 11) is 1.91. The van der Waals surface area contributed by atoms with Gasteiger partial charge in [-0.2, -0.15) is 5.10 Å². The van der Waals surface area contributed by atoms with Gasteiger partial charge in [0.05, 0.1) is 6.20 Å². The van der Waals surface area contributed by atoms with Gasteiger partial charge in [-0.15, -0.1) is 0 Å². The van der Waals surface area contributed by atoms with Crippen LogP contribution in [-0.2, 0) is 18.3 Å². The van der Waals surface area contributed by atoms with Crippen LogP contribution in [0.3, 0.4) is 0 Å². The Labute approximate surface area is 78.8 Å². The Hall–Kier alpha value is -1.12. The third kappa shape index (κ3) is 3.40. The predicted octanol–water partition coefficient (Wildman–Crippen LogP) is 1.58. The lowest BCUT2D eigenvalue weighted by atomic mass is 10.0. The van der Waals surface area contributed by atoms with Crippen molar-refractivity contribution in [3.63, 3.8) is 0 Å². The standard InChI is InChI=1S/C10H16N2O/c1-9(8-13)4-3-5-10-6-11-12(2)7-10/h6-9H,3-5H2,1-2H3. The zero-order valence-corrected chi connectivity index (χ0v) is 8.23. The summed E-state index contributed by atoms with van der Waals surface area (Å²) in [5.41, 5.74) is 1.25. The van der Waals surface area contributed by atoms with Gasteiger partial charge in [0.25, 0.3) is 0 Å². The van der Waals surface area contributed by atoms with Crippen LogP contribution in [0.2, 0.25) is 0 Å². The average Bonchev–Trinajstić information content (AvgIpc) is 2.51. The molecule has 0 bridgehead atoms. The van der Waals surface area contributed by atoms with Crippen molar-refractivity contribution < 1.29 is 4.79 Å². The van der Waals surface area contributed by atoms with Gasteiger partial charge in [-0.25, -0.2) is 0 Å². The quantitative estimate of drug-likeness (QED) is 0.645. The minimum atomic E-state index is 0.191. The number of aryl methyl sites for hydroxylation is 2. The Kier molecular flexibility index (Phi) is 3.68. The van der Waals surface area contributed by atoms with Crippen molar-refractivity contribution in [1.29, 1.82) is 0 Å². The van der Waals surface area contributed by atoms with Crippen LogP contribution < -0.4 is 0 Å². The molecule has 72 valence electrons. The molecule has 0 aliphatic heterocycles. The van der Waals surface area contributed by atoms with Crippen molar-refractivity contribution in [2.75, 3.05) is 0 Å². The van der Waals surface area contributed by atoms with Gasteiger partial charge >= 0.3 is 0 Å². The fourth-order valence-electron chi connectivity index (χ4n) is 1.30. The van der Waals surface area contributed by atoms with Crippen molar-refractivity contribution in [3.8, 4) is 0 Å². The van der Waals surface area contributed by atoms with E-state index in [1.54, 1.807) is 4.68 Å². The highest BCUT2D eigenvalue weighted by molar-refractivity contribution is 5.52. The molecule has 1 atom stereocenters. The number of nitrogens with zero attached hydrogens (tertiary/aromatic N) is 2. The van der Waals surface area contributed by atoms with Crippen LogP contribution in [-0.4, -0.2) is 16.1 Å². The molecule has 1 aromatic heterocycles. The Morgan fingerprint density at radius 3 is 3.00 bits per heavy atom. The Bertz CT molecular complexity index is 268. The second-order valence-electron chi connectivity index (χ2n) is 3.53. The van der Waals surface area contributed by atoms with E-state index in [-0.39, 0.29) is 5.92 Å². The van der Waals surface area contributed by atoms with E-state index in [1.165, 1.54) is 5.56 Å². The molecule has 1 aromatic rings. The van der Waals surface area contributed by atoms with E-state index in [0.717, 1.165) is 25.5 Å². The van der Waals surface area contributed by atoms with E-state index in [9.17, 15) is 4.79 Å². The van der Waals surface area contributed by atoms with Gasteiger partial charge in [0.1, 0.15) is 6.29 Å². The number of hydrogen-bond donors (Lipinski definition) is 0. The van der Waals surface area contributed by atoms with Crippen LogP contribution in [0.5, 0.6) is 0 Å². The maximum absolute atomic E-state index is 10.3. The van der Waals surface area contributed by atoms with E-state index in [2.05, 4.69) is 5.10 Å². The molecule has 3 heteroatoms. The third-order valence-electron chi connectivity index (χ3n) is 2.12. The lowest BCUT2D eigenvalue weighted by Crippen LogP contribution is -1.96. The number of aldehydes is 1. The summed E-state index contributed by atoms with van der Waals surface area (Å²) >= 11 is 0. The van der Waals surface area contributed by atoms with Crippen LogP contribution >= 0.6 is 0 Å². The van der Waals surface area contributed by atoms with E-state index < -0.39 is 0 Å². The summed E-state index contributed by atoms with van der Waals surface area (Å²) in [6.45, 7) is 1.95. The maximum atomic E-state index is 10.3. The summed E-state index contributed by atoms with van der Waals surface area (Å²) < 4.78 is 1.80. The van der Waals surface area contributed by atoms with Crippen molar-refractivity contribution in [3.05, 3.63) is 18.0 Å². The number of hydrogen-bond acceptors (Lipinski definition) is 2. The van der Waals surface area contributed by atoms with Crippen LogP contribution in [0.4, 0.5) is 0 Å². The molecule has 0 aliphatic carbocycles. The molecule has 1 unspecified atom stereocenters. The molecule has 1 heterocycles. The van der Waals surface area contributed by atoms with Gasteiger partial charge in [-0.05, 0) is 24.8 Å². The number of rotatable bonds is 5. The van der Waals surface area contributed by atoms with Crippen molar-refractivity contribution in [1.82, 2.24) is 9.78 Å². The molecule has 1 rings (SSSR count). The lowest BCUT2D eigenvalue weighted by Gasteiger charge is -2.00. The van der Waals surface area contributed by atoms with Gasteiger partial charge in [-0.3, -0.25) is 4.68 Å². The number of aromatic nitrogens is 2. The summed E-state index contributed by atoms with van der Waals surface area (Å²) in [6, 6.07) is 0. The van der Waals surface area contributed by atoms with Gasteiger partial charge in [0.2, 0.25) is 0 Å².